The fourth-order valence-electron chi connectivity index (χ4n) is 2.83. The minimum atomic E-state index is -2.41. The van der Waals surface area contributed by atoms with Gasteiger partial charge in [-0.05, 0) is 31.7 Å². The van der Waals surface area contributed by atoms with Crippen molar-refractivity contribution in [1.82, 2.24) is 4.90 Å². The highest BCUT2D eigenvalue weighted by molar-refractivity contribution is 4.84. The van der Waals surface area contributed by atoms with E-state index in [1.165, 1.54) is 0 Å². The third-order valence-corrected chi connectivity index (χ3v) is 3.57. The number of hydrogen-bond donors (Lipinski definition) is 1. The number of likely N-dealkylation sites (tertiary alicyclic amines) is 1. The molecule has 0 aromatic heterocycles. The maximum Gasteiger partial charge on any atom is 0.248 e. The summed E-state index contributed by atoms with van der Waals surface area (Å²) in [6, 6.07) is 0.258. The molecule has 2 aliphatic rings. The third-order valence-electron chi connectivity index (χ3n) is 3.57. The van der Waals surface area contributed by atoms with Crippen molar-refractivity contribution in [3.05, 3.63) is 0 Å². The second kappa shape index (κ2) is 4.34. The molecule has 1 aliphatic carbocycles. The molecule has 0 aromatic rings. The summed E-state index contributed by atoms with van der Waals surface area (Å²) in [7, 11) is 0. The van der Waals surface area contributed by atoms with E-state index in [9.17, 15) is 8.78 Å². The summed E-state index contributed by atoms with van der Waals surface area (Å²) in [5, 5.41) is 0. The SMILES string of the molecule is NC1CCN(CC2CCCC(F)(F)C2)C1. The molecule has 2 atom stereocenters. The van der Waals surface area contributed by atoms with E-state index in [4.69, 9.17) is 5.73 Å². The summed E-state index contributed by atoms with van der Waals surface area (Å²) in [6.45, 7) is 2.70. The van der Waals surface area contributed by atoms with Crippen LogP contribution in [0.5, 0.6) is 0 Å². The molecule has 4 heteroatoms. The first-order chi connectivity index (χ1) is 7.05. The monoisotopic (exact) mass is 218 g/mol. The molecule has 15 heavy (non-hydrogen) atoms. The van der Waals surface area contributed by atoms with Crippen LogP contribution in [0.3, 0.4) is 0 Å². The van der Waals surface area contributed by atoms with Gasteiger partial charge < -0.3 is 10.6 Å². The summed E-state index contributed by atoms with van der Waals surface area (Å²) in [5.74, 6) is -2.23. The highest BCUT2D eigenvalue weighted by atomic mass is 19.3. The van der Waals surface area contributed by atoms with Crippen molar-refractivity contribution in [1.29, 1.82) is 0 Å². The molecule has 0 bridgehead atoms. The van der Waals surface area contributed by atoms with Crippen molar-refractivity contribution >= 4 is 0 Å². The van der Waals surface area contributed by atoms with Crippen LogP contribution >= 0.6 is 0 Å². The average molecular weight is 218 g/mol. The van der Waals surface area contributed by atoms with Crippen molar-refractivity contribution in [2.75, 3.05) is 19.6 Å². The Labute approximate surface area is 89.8 Å². The Morgan fingerprint density at radius 3 is 2.73 bits per heavy atom. The van der Waals surface area contributed by atoms with E-state index >= 15 is 0 Å². The maximum atomic E-state index is 13.2. The fourth-order valence-corrected chi connectivity index (χ4v) is 2.83. The van der Waals surface area contributed by atoms with E-state index in [2.05, 4.69) is 4.90 Å². The number of rotatable bonds is 2. The number of nitrogens with zero attached hydrogens (tertiary/aromatic N) is 1. The van der Waals surface area contributed by atoms with Crippen molar-refractivity contribution in [2.45, 2.75) is 44.1 Å². The normalized spacial score (nSPS) is 37.0. The Morgan fingerprint density at radius 1 is 1.33 bits per heavy atom. The van der Waals surface area contributed by atoms with Gasteiger partial charge in [-0.3, -0.25) is 0 Å². The summed E-state index contributed by atoms with van der Waals surface area (Å²) in [4.78, 5) is 2.25. The summed E-state index contributed by atoms with van der Waals surface area (Å²) in [5.41, 5.74) is 5.79. The van der Waals surface area contributed by atoms with Crippen molar-refractivity contribution in [3.63, 3.8) is 0 Å². The molecule has 2 N–H and O–H groups in total. The maximum absolute atomic E-state index is 13.2. The van der Waals surface area contributed by atoms with E-state index in [-0.39, 0.29) is 24.8 Å². The summed E-state index contributed by atoms with van der Waals surface area (Å²) < 4.78 is 26.3. The lowest BCUT2D eigenvalue weighted by Gasteiger charge is -2.31. The predicted octanol–water partition coefficient (Wildman–Crippen LogP) is 1.84. The minimum absolute atomic E-state index is 0.0821. The first-order valence-corrected chi connectivity index (χ1v) is 5.91. The number of halogens is 2. The molecule has 2 unspecified atom stereocenters. The molecule has 0 aromatic carbocycles. The van der Waals surface area contributed by atoms with Gasteiger partial charge in [0.25, 0.3) is 0 Å². The zero-order valence-electron chi connectivity index (χ0n) is 9.09. The van der Waals surface area contributed by atoms with Gasteiger partial charge in [0.1, 0.15) is 0 Å². The van der Waals surface area contributed by atoms with E-state index in [0.717, 1.165) is 32.5 Å². The van der Waals surface area contributed by atoms with Crippen LogP contribution in [0.1, 0.15) is 32.1 Å². The van der Waals surface area contributed by atoms with E-state index in [1.807, 2.05) is 0 Å². The van der Waals surface area contributed by atoms with Crippen LogP contribution in [-0.2, 0) is 0 Å². The molecule has 1 heterocycles. The molecule has 1 aliphatic heterocycles. The molecule has 88 valence electrons. The molecule has 0 spiro atoms. The Balaban J connectivity index is 1.79. The zero-order chi connectivity index (χ0) is 10.9. The van der Waals surface area contributed by atoms with Crippen LogP contribution in [-0.4, -0.2) is 36.5 Å². The van der Waals surface area contributed by atoms with Crippen LogP contribution in [0.25, 0.3) is 0 Å². The first kappa shape index (κ1) is 11.3. The van der Waals surface area contributed by atoms with Crippen molar-refractivity contribution in [3.8, 4) is 0 Å². The number of alkyl halides is 2. The highest BCUT2D eigenvalue weighted by Crippen LogP contribution is 2.37. The van der Waals surface area contributed by atoms with E-state index in [1.54, 1.807) is 0 Å². The van der Waals surface area contributed by atoms with Gasteiger partial charge in [0.2, 0.25) is 5.92 Å². The molecular formula is C11H20F2N2. The molecule has 2 rings (SSSR count). The molecule has 2 nitrogen and oxygen atoms in total. The minimum Gasteiger partial charge on any atom is -0.326 e. The topological polar surface area (TPSA) is 29.3 Å². The first-order valence-electron chi connectivity index (χ1n) is 5.91. The van der Waals surface area contributed by atoms with Gasteiger partial charge in [0, 0.05) is 32.0 Å². The van der Waals surface area contributed by atoms with Gasteiger partial charge in [-0.15, -0.1) is 0 Å². The molecular weight excluding hydrogens is 198 g/mol. The van der Waals surface area contributed by atoms with E-state index < -0.39 is 5.92 Å². The fraction of sp³-hybridized carbons (Fsp3) is 1.00. The average Bonchev–Trinajstić information content (AvgIpc) is 2.49. The second-order valence-electron chi connectivity index (χ2n) is 5.13. The van der Waals surface area contributed by atoms with Gasteiger partial charge >= 0.3 is 0 Å². The quantitative estimate of drug-likeness (QED) is 0.766. The van der Waals surface area contributed by atoms with Gasteiger partial charge in [0.15, 0.2) is 0 Å². The molecule has 0 radical (unpaired) electrons. The van der Waals surface area contributed by atoms with Gasteiger partial charge in [-0.2, -0.15) is 0 Å². The largest absolute Gasteiger partial charge is 0.326 e. The van der Waals surface area contributed by atoms with Crippen LogP contribution in [0.15, 0.2) is 0 Å². The third kappa shape index (κ3) is 3.11. The number of nitrogens with two attached hydrogens (primary N) is 1. The van der Waals surface area contributed by atoms with Crippen LogP contribution in [0, 0.1) is 5.92 Å². The van der Waals surface area contributed by atoms with Crippen LogP contribution < -0.4 is 5.73 Å². The Hall–Kier alpha value is -0.220. The predicted molar refractivity (Wildman–Crippen MR) is 55.9 cm³/mol. The van der Waals surface area contributed by atoms with Crippen molar-refractivity contribution < 1.29 is 8.78 Å². The van der Waals surface area contributed by atoms with Gasteiger partial charge in [-0.25, -0.2) is 8.78 Å². The van der Waals surface area contributed by atoms with Gasteiger partial charge in [0.05, 0.1) is 0 Å². The Kier molecular flexibility index (Phi) is 3.26. The molecule has 0 amide bonds. The Bertz CT molecular complexity index is 221. The summed E-state index contributed by atoms with van der Waals surface area (Å²) in [6.07, 6.45) is 2.82. The molecule has 2 fully saturated rings. The second-order valence-corrected chi connectivity index (χ2v) is 5.13. The molecule has 1 saturated heterocycles. The highest BCUT2D eigenvalue weighted by Gasteiger charge is 2.37. The van der Waals surface area contributed by atoms with Crippen molar-refractivity contribution in [2.24, 2.45) is 11.7 Å². The van der Waals surface area contributed by atoms with Gasteiger partial charge in [-0.1, -0.05) is 0 Å². The zero-order valence-corrected chi connectivity index (χ0v) is 9.09. The standard InChI is InChI=1S/C11H20F2N2/c12-11(13)4-1-2-9(6-11)7-15-5-3-10(14)8-15/h9-10H,1-8,14H2. The van der Waals surface area contributed by atoms with Crippen LogP contribution in [0.4, 0.5) is 8.78 Å². The van der Waals surface area contributed by atoms with Crippen LogP contribution in [0.2, 0.25) is 0 Å². The lowest BCUT2D eigenvalue weighted by atomic mass is 9.86. The lowest BCUT2D eigenvalue weighted by Crippen LogP contribution is -2.35. The van der Waals surface area contributed by atoms with E-state index in [0.29, 0.717) is 6.42 Å². The molecule has 1 saturated carbocycles. The lowest BCUT2D eigenvalue weighted by molar-refractivity contribution is -0.0561. The Morgan fingerprint density at radius 2 is 2.13 bits per heavy atom. The number of hydrogen-bond acceptors (Lipinski definition) is 2. The smallest absolute Gasteiger partial charge is 0.248 e. The summed E-state index contributed by atoms with van der Waals surface area (Å²) >= 11 is 0.